The zero-order chi connectivity index (χ0) is 17.2. The fraction of sp³-hybridized carbons (Fsp3) is 0.353. The van der Waals surface area contributed by atoms with Crippen molar-refractivity contribution in [3.8, 4) is 5.75 Å². The van der Waals surface area contributed by atoms with Crippen LogP contribution in [0.2, 0.25) is 0 Å². The van der Waals surface area contributed by atoms with Gasteiger partial charge in [0.1, 0.15) is 5.75 Å². The average Bonchev–Trinajstić information content (AvgIpc) is 2.97. The molecule has 1 aromatic heterocycles. The summed E-state index contributed by atoms with van der Waals surface area (Å²) in [4.78, 5) is 15.9. The molecule has 3 N–H and O–H groups in total. The monoisotopic (exact) mass is 346 g/mol. The fourth-order valence-corrected chi connectivity index (χ4v) is 2.60. The van der Waals surface area contributed by atoms with Gasteiger partial charge in [-0.05, 0) is 18.6 Å². The molecular weight excluding hydrogens is 324 g/mol. The molecule has 0 aliphatic carbocycles. The van der Waals surface area contributed by atoms with Gasteiger partial charge in [-0.25, -0.2) is 10.4 Å². The lowest BCUT2D eigenvalue weighted by Crippen LogP contribution is -2.20. The number of nitrogen functional groups attached to an aromatic ring is 1. The lowest BCUT2D eigenvalue weighted by molar-refractivity contribution is -0.120. The number of unbranched alkanes of at least 4 members (excludes halogenated alkanes) is 2. The molecular formula is C17H22N4O2S. The summed E-state index contributed by atoms with van der Waals surface area (Å²) in [5, 5.41) is 6.21. The Kier molecular flexibility index (Phi) is 7.22. The summed E-state index contributed by atoms with van der Waals surface area (Å²) in [7, 11) is 0. The van der Waals surface area contributed by atoms with E-state index in [-0.39, 0.29) is 12.3 Å². The Balaban J connectivity index is 1.85. The summed E-state index contributed by atoms with van der Waals surface area (Å²) in [6.07, 6.45) is 5.06. The van der Waals surface area contributed by atoms with Crippen molar-refractivity contribution >= 4 is 28.6 Å². The van der Waals surface area contributed by atoms with Crippen LogP contribution < -0.4 is 15.9 Å². The predicted octanol–water partition coefficient (Wildman–Crippen LogP) is 2.99. The van der Waals surface area contributed by atoms with Crippen LogP contribution in [0.4, 0.5) is 5.13 Å². The summed E-state index contributed by atoms with van der Waals surface area (Å²) in [6.45, 7) is 2.83. The van der Waals surface area contributed by atoms with E-state index in [0.717, 1.165) is 30.6 Å². The molecule has 0 radical (unpaired) electrons. The van der Waals surface area contributed by atoms with E-state index in [1.165, 1.54) is 11.3 Å². The Morgan fingerprint density at radius 2 is 2.25 bits per heavy atom. The average molecular weight is 346 g/mol. The molecule has 128 valence electrons. The summed E-state index contributed by atoms with van der Waals surface area (Å²) in [5.74, 6) is 0.525. The Labute approximate surface area is 145 Å². The Morgan fingerprint density at radius 1 is 1.42 bits per heavy atom. The Morgan fingerprint density at radius 3 is 3.00 bits per heavy atom. The molecule has 0 spiro atoms. The number of rotatable bonds is 9. The largest absolute Gasteiger partial charge is 0.493 e. The molecule has 2 aromatic rings. The Bertz CT molecular complexity index is 685. The van der Waals surface area contributed by atoms with Gasteiger partial charge in [-0.1, -0.05) is 31.9 Å². The smallest absolute Gasteiger partial charge is 0.246 e. The number of benzene rings is 1. The highest BCUT2D eigenvalue weighted by Gasteiger charge is 2.06. The van der Waals surface area contributed by atoms with Crippen molar-refractivity contribution in [1.29, 1.82) is 0 Å². The zero-order valence-corrected chi connectivity index (χ0v) is 14.5. The molecule has 0 saturated heterocycles. The zero-order valence-electron chi connectivity index (χ0n) is 13.7. The summed E-state index contributed by atoms with van der Waals surface area (Å²) in [5.41, 5.74) is 9.50. The van der Waals surface area contributed by atoms with Gasteiger partial charge in [0.15, 0.2) is 5.13 Å². The second-order valence-electron chi connectivity index (χ2n) is 5.24. The first-order chi connectivity index (χ1) is 11.7. The maximum Gasteiger partial charge on any atom is 0.246 e. The van der Waals surface area contributed by atoms with Crippen LogP contribution in [-0.2, 0) is 11.2 Å². The van der Waals surface area contributed by atoms with Crippen molar-refractivity contribution in [1.82, 2.24) is 10.4 Å². The van der Waals surface area contributed by atoms with Gasteiger partial charge in [0.2, 0.25) is 5.91 Å². The van der Waals surface area contributed by atoms with Crippen LogP contribution in [0.1, 0.15) is 37.4 Å². The summed E-state index contributed by atoms with van der Waals surface area (Å²) < 4.78 is 5.77. The number of carbonyl (C=O) groups excluding carboxylic acids is 1. The van der Waals surface area contributed by atoms with Gasteiger partial charge in [-0.3, -0.25) is 4.79 Å². The number of nitrogens with zero attached hydrogens (tertiary/aromatic N) is 2. The van der Waals surface area contributed by atoms with Gasteiger partial charge in [0.25, 0.3) is 0 Å². The third-order valence-electron chi connectivity index (χ3n) is 3.23. The first-order valence-electron chi connectivity index (χ1n) is 7.92. The number of nitrogens with one attached hydrogen (secondary N) is 1. The van der Waals surface area contributed by atoms with Crippen molar-refractivity contribution in [3.63, 3.8) is 0 Å². The van der Waals surface area contributed by atoms with Crippen LogP contribution >= 0.6 is 11.3 Å². The fourth-order valence-electron chi connectivity index (χ4n) is 2.03. The molecule has 0 unspecified atom stereocenters. The lowest BCUT2D eigenvalue weighted by Gasteiger charge is -2.08. The van der Waals surface area contributed by atoms with Gasteiger partial charge in [-0.2, -0.15) is 5.10 Å². The molecule has 0 aliphatic heterocycles. The number of hydrogen-bond donors (Lipinski definition) is 2. The molecule has 6 nitrogen and oxygen atoms in total. The number of ether oxygens (including phenoxy) is 1. The number of anilines is 1. The van der Waals surface area contributed by atoms with Gasteiger partial charge < -0.3 is 10.5 Å². The topological polar surface area (TPSA) is 89.6 Å². The number of carbonyl (C=O) groups is 1. The first kappa shape index (κ1) is 17.9. The van der Waals surface area contributed by atoms with E-state index in [1.54, 1.807) is 11.6 Å². The predicted molar refractivity (Wildman–Crippen MR) is 97.4 cm³/mol. The highest BCUT2D eigenvalue weighted by Crippen LogP contribution is 2.16. The number of nitrogens with two attached hydrogens (primary N) is 1. The quantitative estimate of drug-likeness (QED) is 0.415. The maximum absolute atomic E-state index is 11.8. The van der Waals surface area contributed by atoms with E-state index in [2.05, 4.69) is 22.4 Å². The second kappa shape index (κ2) is 9.67. The Hall–Kier alpha value is -2.41. The highest BCUT2D eigenvalue weighted by molar-refractivity contribution is 7.13. The number of para-hydroxylation sites is 1. The third kappa shape index (κ3) is 6.00. The third-order valence-corrected chi connectivity index (χ3v) is 3.95. The molecule has 1 heterocycles. The minimum Gasteiger partial charge on any atom is -0.493 e. The number of hydrazone groups is 1. The number of hydrogen-bond acceptors (Lipinski definition) is 6. The molecule has 1 amide bonds. The second-order valence-corrected chi connectivity index (χ2v) is 6.13. The lowest BCUT2D eigenvalue weighted by atomic mass is 10.2. The number of amides is 1. The molecule has 0 saturated carbocycles. The van der Waals surface area contributed by atoms with Crippen LogP contribution in [0.15, 0.2) is 34.7 Å². The van der Waals surface area contributed by atoms with E-state index in [9.17, 15) is 4.79 Å². The molecule has 0 bridgehead atoms. The molecule has 1 aromatic carbocycles. The van der Waals surface area contributed by atoms with Crippen molar-refractivity contribution in [2.45, 2.75) is 32.6 Å². The van der Waals surface area contributed by atoms with Crippen LogP contribution in [0.5, 0.6) is 5.75 Å². The minimum atomic E-state index is -0.238. The SMILES string of the molecule is CCCCCOc1ccccc1/C=N/NC(=O)Cc1csc(N)n1. The molecule has 7 heteroatoms. The van der Waals surface area contributed by atoms with Gasteiger partial charge >= 0.3 is 0 Å². The molecule has 0 fully saturated rings. The van der Waals surface area contributed by atoms with Crippen LogP contribution in [-0.4, -0.2) is 23.7 Å². The molecule has 0 aliphatic rings. The summed E-state index contributed by atoms with van der Waals surface area (Å²) in [6, 6.07) is 7.61. The molecule has 0 atom stereocenters. The van der Waals surface area contributed by atoms with Gasteiger partial charge in [0, 0.05) is 10.9 Å². The molecule has 24 heavy (non-hydrogen) atoms. The van der Waals surface area contributed by atoms with E-state index in [1.807, 2.05) is 24.3 Å². The maximum atomic E-state index is 11.8. The van der Waals surface area contributed by atoms with Crippen LogP contribution in [0.25, 0.3) is 0 Å². The van der Waals surface area contributed by atoms with Crippen molar-refractivity contribution in [2.75, 3.05) is 12.3 Å². The van der Waals surface area contributed by atoms with Crippen molar-refractivity contribution < 1.29 is 9.53 Å². The van der Waals surface area contributed by atoms with Gasteiger partial charge in [-0.15, -0.1) is 11.3 Å². The van der Waals surface area contributed by atoms with Crippen molar-refractivity contribution in [2.24, 2.45) is 5.10 Å². The van der Waals surface area contributed by atoms with E-state index in [4.69, 9.17) is 10.5 Å². The van der Waals surface area contributed by atoms with Crippen LogP contribution in [0, 0.1) is 0 Å². The highest BCUT2D eigenvalue weighted by atomic mass is 32.1. The summed E-state index contributed by atoms with van der Waals surface area (Å²) >= 11 is 1.31. The normalized spacial score (nSPS) is 10.9. The van der Waals surface area contributed by atoms with E-state index in [0.29, 0.717) is 17.4 Å². The van der Waals surface area contributed by atoms with E-state index >= 15 is 0 Å². The van der Waals surface area contributed by atoms with E-state index < -0.39 is 0 Å². The standard InChI is InChI=1S/C17H22N4O2S/c1-2-3-6-9-23-15-8-5-4-7-13(15)11-19-21-16(22)10-14-12-24-17(18)20-14/h4-5,7-8,11-12H,2-3,6,9-10H2,1H3,(H2,18,20)(H,21,22)/b19-11+. The first-order valence-corrected chi connectivity index (χ1v) is 8.80. The molecule has 2 rings (SSSR count). The minimum absolute atomic E-state index is 0.153. The van der Waals surface area contributed by atoms with Gasteiger partial charge in [0.05, 0.1) is 24.9 Å². The number of thiazole rings is 1. The van der Waals surface area contributed by atoms with Crippen LogP contribution in [0.3, 0.4) is 0 Å². The number of aromatic nitrogens is 1. The van der Waals surface area contributed by atoms with Crippen molar-refractivity contribution in [3.05, 3.63) is 40.9 Å².